The third kappa shape index (κ3) is 4.82. The average Bonchev–Trinajstić information content (AvgIpc) is 2.60. The number of nitrogens with zero attached hydrogens (tertiary/aromatic N) is 2. The van der Waals surface area contributed by atoms with Gasteiger partial charge in [-0.25, -0.2) is 4.39 Å². The lowest BCUT2D eigenvalue weighted by atomic mass is 10.2. The molecule has 0 radical (unpaired) electrons. The first-order valence-electron chi connectivity index (χ1n) is 7.99. The zero-order valence-electron chi connectivity index (χ0n) is 13.5. The summed E-state index contributed by atoms with van der Waals surface area (Å²) in [5, 5.41) is 4.87. The largest absolute Gasteiger partial charge is 0.346 e. The molecule has 3 rings (SSSR count). The van der Waals surface area contributed by atoms with Crippen molar-refractivity contribution in [2.24, 2.45) is 0 Å². The van der Waals surface area contributed by atoms with Crippen LogP contribution in [0.15, 0.2) is 42.5 Å². The van der Waals surface area contributed by atoms with Crippen LogP contribution in [-0.4, -0.2) is 41.1 Å². The van der Waals surface area contributed by atoms with Crippen LogP contribution in [0.1, 0.15) is 5.56 Å². The van der Waals surface area contributed by atoms with E-state index in [0.717, 1.165) is 38.3 Å². The Bertz CT molecular complexity index is 764. The molecule has 3 nitrogen and oxygen atoms in total. The van der Waals surface area contributed by atoms with Crippen LogP contribution in [0.25, 0.3) is 0 Å². The van der Waals surface area contributed by atoms with Crippen LogP contribution < -0.4 is 5.32 Å². The number of rotatable bonds is 3. The second-order valence-electron chi connectivity index (χ2n) is 5.91. The highest BCUT2D eigenvalue weighted by atomic mass is 35.5. The van der Waals surface area contributed by atoms with Crippen LogP contribution in [0, 0.1) is 5.82 Å². The topological polar surface area (TPSA) is 18.5 Å². The van der Waals surface area contributed by atoms with E-state index in [-0.39, 0.29) is 5.82 Å². The Hall–Kier alpha value is -1.40. The summed E-state index contributed by atoms with van der Waals surface area (Å²) in [5.74, 6) is -0.305. The van der Waals surface area contributed by atoms with Crippen molar-refractivity contribution in [3.8, 4) is 0 Å². The van der Waals surface area contributed by atoms with Crippen molar-refractivity contribution in [3.63, 3.8) is 0 Å². The molecule has 0 saturated carbocycles. The van der Waals surface area contributed by atoms with Gasteiger partial charge in [-0.1, -0.05) is 41.4 Å². The van der Waals surface area contributed by atoms with Crippen LogP contribution in [0.3, 0.4) is 0 Å². The first kappa shape index (κ1) is 18.4. The van der Waals surface area contributed by atoms with Gasteiger partial charge in [0.1, 0.15) is 5.82 Å². The summed E-state index contributed by atoms with van der Waals surface area (Å²) in [6, 6.07) is 12.1. The van der Waals surface area contributed by atoms with Crippen molar-refractivity contribution >= 4 is 46.2 Å². The van der Waals surface area contributed by atoms with Gasteiger partial charge in [-0.3, -0.25) is 4.90 Å². The zero-order chi connectivity index (χ0) is 17.8. The lowest BCUT2D eigenvalue weighted by molar-refractivity contribution is 0.177. The maximum absolute atomic E-state index is 13.7. The Morgan fingerprint density at radius 3 is 2.48 bits per heavy atom. The van der Waals surface area contributed by atoms with Crippen molar-refractivity contribution in [1.29, 1.82) is 0 Å². The predicted molar refractivity (Wildman–Crippen MR) is 106 cm³/mol. The molecule has 0 amide bonds. The van der Waals surface area contributed by atoms with Gasteiger partial charge in [0, 0.05) is 42.8 Å². The Morgan fingerprint density at radius 1 is 1.08 bits per heavy atom. The van der Waals surface area contributed by atoms with Crippen molar-refractivity contribution in [3.05, 3.63) is 63.9 Å². The molecular formula is C18H18Cl2FN3S. The maximum Gasteiger partial charge on any atom is 0.173 e. The van der Waals surface area contributed by atoms with Gasteiger partial charge in [-0.2, -0.15) is 0 Å². The Morgan fingerprint density at radius 2 is 1.80 bits per heavy atom. The van der Waals surface area contributed by atoms with Crippen molar-refractivity contribution in [2.45, 2.75) is 6.54 Å². The molecule has 25 heavy (non-hydrogen) atoms. The lowest BCUT2D eigenvalue weighted by Crippen LogP contribution is -2.49. The number of anilines is 1. The number of benzene rings is 2. The Labute approximate surface area is 162 Å². The second kappa shape index (κ2) is 8.32. The normalized spacial score (nSPS) is 15.2. The van der Waals surface area contributed by atoms with E-state index >= 15 is 0 Å². The minimum absolute atomic E-state index is 0.305. The van der Waals surface area contributed by atoms with E-state index in [1.54, 1.807) is 24.3 Å². The molecule has 2 aromatic rings. The molecule has 1 heterocycles. The number of piperazine rings is 1. The standard InChI is InChI=1S/C18H18Cl2FN3S/c19-14-6-5-13(15(20)11-14)12-23-7-9-24(10-8-23)18(25)22-17-4-2-1-3-16(17)21/h1-6,11H,7-10,12H2,(H,22,25). The second-order valence-corrected chi connectivity index (χ2v) is 7.14. The lowest BCUT2D eigenvalue weighted by Gasteiger charge is -2.36. The quantitative estimate of drug-likeness (QED) is 0.759. The highest BCUT2D eigenvalue weighted by molar-refractivity contribution is 7.80. The molecule has 1 N–H and O–H groups in total. The SMILES string of the molecule is Fc1ccccc1NC(=S)N1CCN(Cc2ccc(Cl)cc2Cl)CC1. The fourth-order valence-electron chi connectivity index (χ4n) is 2.76. The molecule has 2 aromatic carbocycles. The van der Waals surface area contributed by atoms with Crippen molar-refractivity contribution in [1.82, 2.24) is 9.80 Å². The van der Waals surface area contributed by atoms with Gasteiger partial charge < -0.3 is 10.2 Å². The van der Waals surface area contributed by atoms with Crippen molar-refractivity contribution in [2.75, 3.05) is 31.5 Å². The Kier molecular flexibility index (Phi) is 6.12. The molecule has 0 bridgehead atoms. The highest BCUT2D eigenvalue weighted by Gasteiger charge is 2.20. The van der Waals surface area contributed by atoms with E-state index in [9.17, 15) is 4.39 Å². The van der Waals surface area contributed by atoms with Gasteiger partial charge >= 0.3 is 0 Å². The van der Waals surface area contributed by atoms with Crippen LogP contribution in [0.5, 0.6) is 0 Å². The molecule has 0 spiro atoms. The zero-order valence-corrected chi connectivity index (χ0v) is 15.8. The minimum Gasteiger partial charge on any atom is -0.346 e. The Balaban J connectivity index is 1.53. The third-order valence-electron chi connectivity index (χ3n) is 4.18. The summed E-state index contributed by atoms with van der Waals surface area (Å²) in [7, 11) is 0. The number of hydrogen-bond donors (Lipinski definition) is 1. The summed E-state index contributed by atoms with van der Waals surface area (Å²) in [5.41, 5.74) is 1.47. The number of halogens is 3. The van der Waals surface area contributed by atoms with Gasteiger partial charge in [0.25, 0.3) is 0 Å². The molecule has 0 aromatic heterocycles. The maximum atomic E-state index is 13.7. The number of para-hydroxylation sites is 1. The van der Waals surface area contributed by atoms with E-state index in [4.69, 9.17) is 35.4 Å². The van der Waals surface area contributed by atoms with E-state index in [1.165, 1.54) is 6.07 Å². The molecule has 1 aliphatic heterocycles. The summed E-state index contributed by atoms with van der Waals surface area (Å²) in [6.07, 6.45) is 0. The summed E-state index contributed by atoms with van der Waals surface area (Å²) < 4.78 is 13.7. The number of thiocarbonyl (C=S) groups is 1. The molecule has 1 fully saturated rings. The molecule has 1 saturated heterocycles. The first-order chi connectivity index (χ1) is 12.0. The van der Waals surface area contributed by atoms with Crippen molar-refractivity contribution < 1.29 is 4.39 Å². The molecule has 7 heteroatoms. The van der Waals surface area contributed by atoms with Crippen LogP contribution in [-0.2, 0) is 6.54 Å². The van der Waals surface area contributed by atoms with Crippen LogP contribution in [0.2, 0.25) is 10.0 Å². The van der Waals surface area contributed by atoms with Crippen LogP contribution in [0.4, 0.5) is 10.1 Å². The third-order valence-corrected chi connectivity index (χ3v) is 5.13. The summed E-state index contributed by atoms with van der Waals surface area (Å²) >= 11 is 17.6. The number of nitrogens with one attached hydrogen (secondary N) is 1. The van der Waals surface area contributed by atoms with Gasteiger partial charge in [0.05, 0.1) is 5.69 Å². The van der Waals surface area contributed by atoms with E-state index < -0.39 is 0 Å². The van der Waals surface area contributed by atoms with Gasteiger partial charge in [0.15, 0.2) is 5.11 Å². The molecule has 1 aliphatic rings. The van der Waals surface area contributed by atoms with Gasteiger partial charge in [-0.15, -0.1) is 0 Å². The number of hydrogen-bond acceptors (Lipinski definition) is 2. The molecular weight excluding hydrogens is 380 g/mol. The smallest absolute Gasteiger partial charge is 0.173 e. The fraction of sp³-hybridized carbons (Fsp3) is 0.278. The first-order valence-corrected chi connectivity index (χ1v) is 9.16. The van der Waals surface area contributed by atoms with E-state index in [1.807, 2.05) is 12.1 Å². The minimum atomic E-state index is -0.305. The average molecular weight is 398 g/mol. The fourth-order valence-corrected chi connectivity index (χ4v) is 3.52. The monoisotopic (exact) mass is 397 g/mol. The summed E-state index contributed by atoms with van der Waals surface area (Å²) in [4.78, 5) is 4.37. The molecule has 0 unspecified atom stereocenters. The van der Waals surface area contributed by atoms with Gasteiger partial charge in [0.2, 0.25) is 0 Å². The molecule has 132 valence electrons. The predicted octanol–water partition coefficient (Wildman–Crippen LogP) is 4.65. The molecule has 0 aliphatic carbocycles. The summed E-state index contributed by atoms with van der Waals surface area (Å²) in [6.45, 7) is 4.06. The van der Waals surface area contributed by atoms with E-state index in [2.05, 4.69) is 15.1 Å². The van der Waals surface area contributed by atoms with E-state index in [0.29, 0.717) is 20.8 Å². The van der Waals surface area contributed by atoms with Crippen LogP contribution >= 0.6 is 35.4 Å². The van der Waals surface area contributed by atoms with Gasteiger partial charge in [-0.05, 0) is 42.0 Å². The molecule has 0 atom stereocenters. The highest BCUT2D eigenvalue weighted by Crippen LogP contribution is 2.23.